The summed E-state index contributed by atoms with van der Waals surface area (Å²) in [5, 5.41) is 2.95. The van der Waals surface area contributed by atoms with Crippen LogP contribution < -0.4 is 10.2 Å². The molecule has 0 aliphatic heterocycles. The minimum Gasteiger partial charge on any atom is -0.348 e. The van der Waals surface area contributed by atoms with Crippen LogP contribution in [0.4, 0.5) is 5.69 Å². The molecule has 1 atom stereocenters. The summed E-state index contributed by atoms with van der Waals surface area (Å²) >= 11 is 0. The van der Waals surface area contributed by atoms with Crippen LogP contribution in [0, 0.1) is 13.8 Å². The average Bonchev–Trinajstić information content (AvgIpc) is 2.52. The Labute approximate surface area is 143 Å². The molecule has 1 N–H and O–H groups in total. The molecule has 4 heteroatoms. The van der Waals surface area contributed by atoms with Gasteiger partial charge in [-0.1, -0.05) is 36.4 Å². The van der Waals surface area contributed by atoms with E-state index in [0.717, 1.165) is 22.4 Å². The van der Waals surface area contributed by atoms with Crippen molar-refractivity contribution in [3.8, 4) is 0 Å². The van der Waals surface area contributed by atoms with Crippen molar-refractivity contribution in [1.82, 2.24) is 5.32 Å². The third-order valence-electron chi connectivity index (χ3n) is 3.88. The molecule has 2 rings (SSSR count). The lowest BCUT2D eigenvalue weighted by molar-refractivity contribution is -0.123. The number of hydrogen-bond acceptors (Lipinski definition) is 2. The van der Waals surface area contributed by atoms with Crippen molar-refractivity contribution in [2.75, 3.05) is 11.4 Å². The number of anilines is 1. The van der Waals surface area contributed by atoms with Crippen LogP contribution in [0.25, 0.3) is 0 Å². The second-order valence-electron chi connectivity index (χ2n) is 6.15. The van der Waals surface area contributed by atoms with Crippen molar-refractivity contribution >= 4 is 17.5 Å². The molecular weight excluding hydrogens is 300 g/mol. The SMILES string of the molecule is CC(=O)N(CC(=O)NC(C)c1ccccc1)c1cc(C)cc(C)c1. The highest BCUT2D eigenvalue weighted by atomic mass is 16.2. The molecule has 0 fully saturated rings. The van der Waals surface area contributed by atoms with E-state index >= 15 is 0 Å². The van der Waals surface area contributed by atoms with Gasteiger partial charge in [-0.3, -0.25) is 9.59 Å². The first-order valence-electron chi connectivity index (χ1n) is 8.07. The molecule has 0 aliphatic rings. The quantitative estimate of drug-likeness (QED) is 0.914. The number of aryl methyl sites for hydroxylation is 2. The monoisotopic (exact) mass is 324 g/mol. The molecule has 0 saturated heterocycles. The summed E-state index contributed by atoms with van der Waals surface area (Å²) in [4.78, 5) is 25.9. The molecule has 24 heavy (non-hydrogen) atoms. The second kappa shape index (κ2) is 7.77. The summed E-state index contributed by atoms with van der Waals surface area (Å²) in [5.74, 6) is -0.330. The Morgan fingerprint density at radius 1 is 1.04 bits per heavy atom. The maximum atomic E-state index is 12.4. The normalized spacial score (nSPS) is 11.7. The van der Waals surface area contributed by atoms with Crippen LogP contribution in [-0.2, 0) is 9.59 Å². The fourth-order valence-electron chi connectivity index (χ4n) is 2.75. The lowest BCUT2D eigenvalue weighted by Gasteiger charge is -2.23. The van der Waals surface area contributed by atoms with Crippen LogP contribution in [0.2, 0.25) is 0 Å². The van der Waals surface area contributed by atoms with Gasteiger partial charge in [0.2, 0.25) is 11.8 Å². The van der Waals surface area contributed by atoms with Gasteiger partial charge in [0.15, 0.2) is 0 Å². The Kier molecular flexibility index (Phi) is 5.74. The van der Waals surface area contributed by atoms with Gasteiger partial charge >= 0.3 is 0 Å². The molecule has 2 amide bonds. The van der Waals surface area contributed by atoms with Crippen LogP contribution >= 0.6 is 0 Å². The summed E-state index contributed by atoms with van der Waals surface area (Å²) in [5.41, 5.74) is 3.91. The number of amides is 2. The Balaban J connectivity index is 2.10. The smallest absolute Gasteiger partial charge is 0.240 e. The molecule has 0 aliphatic carbocycles. The van der Waals surface area contributed by atoms with Gasteiger partial charge in [-0.25, -0.2) is 0 Å². The van der Waals surface area contributed by atoms with E-state index in [9.17, 15) is 9.59 Å². The maximum Gasteiger partial charge on any atom is 0.240 e. The Bertz CT molecular complexity index is 705. The molecule has 126 valence electrons. The van der Waals surface area contributed by atoms with Crippen LogP contribution in [-0.4, -0.2) is 18.4 Å². The highest BCUT2D eigenvalue weighted by Gasteiger charge is 2.18. The van der Waals surface area contributed by atoms with E-state index in [0.29, 0.717) is 0 Å². The molecule has 0 aromatic heterocycles. The number of rotatable bonds is 5. The largest absolute Gasteiger partial charge is 0.348 e. The van der Waals surface area contributed by atoms with Crippen molar-refractivity contribution < 1.29 is 9.59 Å². The number of carbonyl (C=O) groups is 2. The summed E-state index contributed by atoms with van der Waals surface area (Å²) < 4.78 is 0. The van der Waals surface area contributed by atoms with Gasteiger partial charge in [-0.2, -0.15) is 0 Å². The number of carbonyl (C=O) groups excluding carboxylic acids is 2. The van der Waals surface area contributed by atoms with E-state index in [1.165, 1.54) is 11.8 Å². The van der Waals surface area contributed by atoms with Crippen molar-refractivity contribution in [2.45, 2.75) is 33.7 Å². The van der Waals surface area contributed by atoms with E-state index < -0.39 is 0 Å². The average molecular weight is 324 g/mol. The number of nitrogens with zero attached hydrogens (tertiary/aromatic N) is 1. The van der Waals surface area contributed by atoms with E-state index in [4.69, 9.17) is 0 Å². The zero-order valence-electron chi connectivity index (χ0n) is 14.7. The molecule has 1 unspecified atom stereocenters. The van der Waals surface area contributed by atoms with Crippen LogP contribution in [0.15, 0.2) is 48.5 Å². The first kappa shape index (κ1) is 17.7. The van der Waals surface area contributed by atoms with Crippen molar-refractivity contribution in [3.05, 3.63) is 65.2 Å². The fraction of sp³-hybridized carbons (Fsp3) is 0.300. The molecule has 4 nitrogen and oxygen atoms in total. The first-order valence-corrected chi connectivity index (χ1v) is 8.07. The van der Waals surface area contributed by atoms with E-state index in [1.807, 2.05) is 69.3 Å². The van der Waals surface area contributed by atoms with Gasteiger partial charge in [0.1, 0.15) is 6.54 Å². The zero-order valence-corrected chi connectivity index (χ0v) is 14.7. The minimum atomic E-state index is -0.180. The molecular formula is C20H24N2O2. The molecule has 0 heterocycles. The van der Waals surface area contributed by atoms with Gasteiger partial charge in [0.25, 0.3) is 0 Å². The lowest BCUT2D eigenvalue weighted by Crippen LogP contribution is -2.40. The summed E-state index contributed by atoms with van der Waals surface area (Å²) in [6.07, 6.45) is 0. The molecule has 0 bridgehead atoms. The van der Waals surface area contributed by atoms with Crippen molar-refractivity contribution in [3.63, 3.8) is 0 Å². The van der Waals surface area contributed by atoms with E-state index in [1.54, 1.807) is 0 Å². The zero-order chi connectivity index (χ0) is 17.7. The Hall–Kier alpha value is -2.62. The fourth-order valence-corrected chi connectivity index (χ4v) is 2.75. The highest BCUT2D eigenvalue weighted by molar-refractivity contribution is 5.97. The van der Waals surface area contributed by atoms with Gasteiger partial charge in [0, 0.05) is 12.6 Å². The van der Waals surface area contributed by atoms with Crippen molar-refractivity contribution in [2.24, 2.45) is 0 Å². The Morgan fingerprint density at radius 3 is 2.17 bits per heavy atom. The summed E-state index contributed by atoms with van der Waals surface area (Å²) in [7, 11) is 0. The molecule has 2 aromatic rings. The lowest BCUT2D eigenvalue weighted by atomic mass is 10.1. The number of hydrogen-bond donors (Lipinski definition) is 1. The van der Waals surface area contributed by atoms with Gasteiger partial charge < -0.3 is 10.2 Å². The number of benzene rings is 2. The maximum absolute atomic E-state index is 12.4. The third kappa shape index (κ3) is 4.69. The van der Waals surface area contributed by atoms with E-state index in [-0.39, 0.29) is 24.4 Å². The molecule has 0 radical (unpaired) electrons. The Morgan fingerprint density at radius 2 is 1.62 bits per heavy atom. The minimum absolute atomic E-state index is 0.00933. The number of nitrogens with one attached hydrogen (secondary N) is 1. The van der Waals surface area contributed by atoms with Gasteiger partial charge in [-0.05, 0) is 49.6 Å². The van der Waals surface area contributed by atoms with Gasteiger partial charge in [0.05, 0.1) is 6.04 Å². The predicted octanol–water partition coefficient (Wildman–Crippen LogP) is 3.53. The van der Waals surface area contributed by atoms with Crippen LogP contribution in [0.1, 0.15) is 36.6 Å². The van der Waals surface area contributed by atoms with E-state index in [2.05, 4.69) is 5.32 Å². The van der Waals surface area contributed by atoms with Crippen molar-refractivity contribution in [1.29, 1.82) is 0 Å². The predicted molar refractivity (Wildman–Crippen MR) is 96.9 cm³/mol. The highest BCUT2D eigenvalue weighted by Crippen LogP contribution is 2.19. The molecule has 0 spiro atoms. The molecule has 0 saturated carbocycles. The first-order chi connectivity index (χ1) is 11.4. The van der Waals surface area contributed by atoms with Crippen LogP contribution in [0.5, 0.6) is 0 Å². The van der Waals surface area contributed by atoms with Gasteiger partial charge in [-0.15, -0.1) is 0 Å². The van der Waals surface area contributed by atoms with Crippen LogP contribution in [0.3, 0.4) is 0 Å². The summed E-state index contributed by atoms with van der Waals surface area (Å²) in [6, 6.07) is 15.5. The topological polar surface area (TPSA) is 49.4 Å². The third-order valence-corrected chi connectivity index (χ3v) is 3.88. The standard InChI is InChI=1S/C20H24N2O2/c1-14-10-15(2)12-19(11-14)22(17(4)23)13-20(24)21-16(3)18-8-6-5-7-9-18/h5-12,16H,13H2,1-4H3,(H,21,24). The second-order valence-corrected chi connectivity index (χ2v) is 6.15. The molecule has 2 aromatic carbocycles. The summed E-state index contributed by atoms with van der Waals surface area (Å²) in [6.45, 7) is 7.38.